The first kappa shape index (κ1) is 56.8. The molecule has 0 aliphatic rings. The molecule has 0 amide bonds. The number of carbonyl (C=O) groups is 2. The molecule has 0 rings (SSSR count). The van der Waals surface area contributed by atoms with E-state index < -0.39 is 6.10 Å². The van der Waals surface area contributed by atoms with Gasteiger partial charge in [-0.25, -0.2) is 0 Å². The lowest BCUT2D eigenvalue weighted by Crippen LogP contribution is -2.28. The third kappa shape index (κ3) is 47.5. The molecule has 1 atom stereocenters. The Morgan fingerprint density at radius 3 is 1.08 bits per heavy atom. The SMILES string of the molecule is CC/C=C\C/C=C\C/C=C\C/C=C\C/C=C\CCCCCCCC(=O)OC(CO)COC(=O)CCCCCCCCCCCC/C=C\C/C=C\C/C=C\CCCCCCC. The highest BCUT2D eigenvalue weighted by Gasteiger charge is 2.16. The third-order valence-electron chi connectivity index (χ3n) is 10.4. The number of hydrogen-bond donors (Lipinski definition) is 1. The first-order valence-electron chi connectivity index (χ1n) is 24.8. The summed E-state index contributed by atoms with van der Waals surface area (Å²) in [5.74, 6) is -0.621. The summed E-state index contributed by atoms with van der Waals surface area (Å²) >= 11 is 0. The van der Waals surface area contributed by atoms with Gasteiger partial charge in [-0.2, -0.15) is 0 Å². The van der Waals surface area contributed by atoms with E-state index in [0.717, 1.165) is 103 Å². The summed E-state index contributed by atoms with van der Waals surface area (Å²) in [5.41, 5.74) is 0. The zero-order chi connectivity index (χ0) is 43.5. The number of aliphatic hydroxyl groups excluding tert-OH is 1. The number of aliphatic hydroxyl groups is 1. The van der Waals surface area contributed by atoms with Gasteiger partial charge in [-0.1, -0.05) is 207 Å². The fourth-order valence-corrected chi connectivity index (χ4v) is 6.65. The number of ether oxygens (including phenoxy) is 2. The Morgan fingerprint density at radius 2 is 0.717 bits per heavy atom. The molecule has 342 valence electrons. The maximum atomic E-state index is 12.2. The first-order chi connectivity index (χ1) is 29.6. The molecule has 5 nitrogen and oxygen atoms in total. The average molecular weight is 833 g/mol. The smallest absolute Gasteiger partial charge is 0.306 e. The second kappa shape index (κ2) is 50.2. The van der Waals surface area contributed by atoms with Gasteiger partial charge in [0.1, 0.15) is 6.61 Å². The van der Waals surface area contributed by atoms with E-state index in [2.05, 4.69) is 111 Å². The van der Waals surface area contributed by atoms with E-state index in [1.54, 1.807) is 0 Å². The quantitative estimate of drug-likeness (QED) is 0.0376. The fourth-order valence-electron chi connectivity index (χ4n) is 6.65. The van der Waals surface area contributed by atoms with Crippen molar-refractivity contribution in [1.29, 1.82) is 0 Å². The number of hydrogen-bond acceptors (Lipinski definition) is 5. The van der Waals surface area contributed by atoms with E-state index in [1.807, 2.05) is 0 Å². The Kier molecular flexibility index (Phi) is 47.5. The standard InChI is InChI=1S/C55H92O5/c1-3-5-7-9-11-13-15-17-19-21-23-25-26-27-28-30-31-33-35-37-39-41-43-45-47-49-54(57)59-52-53(51-56)60-55(58)50-48-46-44-42-40-38-36-34-32-29-24-22-20-18-16-14-12-10-8-6-4-2/h6,8,12,14-15,17-18,20-21,23-24,26-27,29,34,36,53,56H,3-5,7,9-11,13,16,19,22,25,28,30-33,35,37-52H2,1-2H3/b8-6-,14-12-,17-15-,20-18-,23-21-,27-26-,29-24-,36-34-. The monoisotopic (exact) mass is 833 g/mol. The Bertz CT molecular complexity index is 1170. The lowest BCUT2D eigenvalue weighted by molar-refractivity contribution is -0.161. The molecule has 0 radical (unpaired) electrons. The molecule has 0 aromatic carbocycles. The lowest BCUT2D eigenvalue weighted by Gasteiger charge is -2.15. The van der Waals surface area contributed by atoms with E-state index in [-0.39, 0.29) is 25.2 Å². The van der Waals surface area contributed by atoms with Crippen molar-refractivity contribution in [3.05, 3.63) is 97.2 Å². The molecule has 0 aromatic rings. The maximum Gasteiger partial charge on any atom is 0.306 e. The minimum Gasteiger partial charge on any atom is -0.462 e. The zero-order valence-corrected chi connectivity index (χ0v) is 38.9. The molecule has 60 heavy (non-hydrogen) atoms. The van der Waals surface area contributed by atoms with Crippen molar-refractivity contribution in [2.24, 2.45) is 0 Å². The number of esters is 2. The maximum absolute atomic E-state index is 12.2. The van der Waals surface area contributed by atoms with Crippen molar-refractivity contribution in [2.45, 2.75) is 225 Å². The highest BCUT2D eigenvalue weighted by molar-refractivity contribution is 5.70. The Hall–Kier alpha value is -3.18. The molecule has 0 heterocycles. The summed E-state index contributed by atoms with van der Waals surface area (Å²) in [6.45, 7) is 4.00. The summed E-state index contributed by atoms with van der Waals surface area (Å²) in [6.07, 6.45) is 70.6. The van der Waals surface area contributed by atoms with Gasteiger partial charge in [0.15, 0.2) is 6.10 Å². The molecule has 1 N–H and O–H groups in total. The molecule has 0 aromatic heterocycles. The normalized spacial score (nSPS) is 13.1. The molecule has 0 saturated carbocycles. The van der Waals surface area contributed by atoms with Gasteiger partial charge in [-0.15, -0.1) is 0 Å². The number of rotatable bonds is 44. The van der Waals surface area contributed by atoms with Crippen LogP contribution in [0.4, 0.5) is 0 Å². The molecule has 0 bridgehead atoms. The van der Waals surface area contributed by atoms with Crippen LogP contribution in [0.15, 0.2) is 97.2 Å². The average Bonchev–Trinajstić information content (AvgIpc) is 3.25. The van der Waals surface area contributed by atoms with Gasteiger partial charge < -0.3 is 14.6 Å². The fraction of sp³-hybridized carbons (Fsp3) is 0.673. The van der Waals surface area contributed by atoms with Crippen molar-refractivity contribution in [1.82, 2.24) is 0 Å². The molecule has 0 saturated heterocycles. The summed E-state index contributed by atoms with van der Waals surface area (Å²) in [6, 6.07) is 0. The van der Waals surface area contributed by atoms with Crippen LogP contribution >= 0.6 is 0 Å². The Labute approximate surface area is 370 Å². The van der Waals surface area contributed by atoms with Crippen molar-refractivity contribution >= 4 is 11.9 Å². The van der Waals surface area contributed by atoms with Gasteiger partial charge in [0.25, 0.3) is 0 Å². The topological polar surface area (TPSA) is 72.8 Å². The predicted octanol–water partition coefficient (Wildman–Crippen LogP) is 16.4. The summed E-state index contributed by atoms with van der Waals surface area (Å²) in [7, 11) is 0. The molecule has 5 heteroatoms. The highest BCUT2D eigenvalue weighted by atomic mass is 16.6. The van der Waals surface area contributed by atoms with Crippen molar-refractivity contribution < 1.29 is 24.2 Å². The lowest BCUT2D eigenvalue weighted by atomic mass is 10.1. The highest BCUT2D eigenvalue weighted by Crippen LogP contribution is 2.14. The summed E-state index contributed by atoms with van der Waals surface area (Å²) in [4.78, 5) is 24.4. The molecule has 0 fully saturated rings. The van der Waals surface area contributed by atoms with Gasteiger partial charge in [0, 0.05) is 12.8 Å². The Morgan fingerprint density at radius 1 is 0.400 bits per heavy atom. The molecule has 0 spiro atoms. The molecule has 0 aliphatic heterocycles. The van der Waals surface area contributed by atoms with Gasteiger partial charge in [0.05, 0.1) is 6.61 Å². The van der Waals surface area contributed by atoms with Crippen molar-refractivity contribution in [2.75, 3.05) is 13.2 Å². The number of carbonyl (C=O) groups excluding carboxylic acids is 2. The minimum atomic E-state index is -0.791. The Balaban J connectivity index is 3.59. The minimum absolute atomic E-state index is 0.0814. The number of unbranched alkanes of at least 4 members (excludes halogenated alkanes) is 20. The largest absolute Gasteiger partial charge is 0.462 e. The van der Waals surface area contributed by atoms with E-state index in [1.165, 1.54) is 89.9 Å². The first-order valence-corrected chi connectivity index (χ1v) is 24.8. The molecular weight excluding hydrogens is 741 g/mol. The van der Waals surface area contributed by atoms with E-state index in [0.29, 0.717) is 12.8 Å². The second-order valence-corrected chi connectivity index (χ2v) is 16.2. The van der Waals surface area contributed by atoms with Crippen LogP contribution in [-0.4, -0.2) is 36.4 Å². The summed E-state index contributed by atoms with van der Waals surface area (Å²) < 4.78 is 10.7. The van der Waals surface area contributed by atoms with Gasteiger partial charge in [0.2, 0.25) is 0 Å². The molecular formula is C55H92O5. The van der Waals surface area contributed by atoms with Crippen LogP contribution in [0, 0.1) is 0 Å². The van der Waals surface area contributed by atoms with Crippen LogP contribution in [0.2, 0.25) is 0 Å². The second-order valence-electron chi connectivity index (χ2n) is 16.2. The van der Waals surface area contributed by atoms with Gasteiger partial charge >= 0.3 is 11.9 Å². The van der Waals surface area contributed by atoms with E-state index >= 15 is 0 Å². The van der Waals surface area contributed by atoms with Gasteiger partial charge in [-0.3, -0.25) is 9.59 Å². The van der Waals surface area contributed by atoms with Crippen molar-refractivity contribution in [3.63, 3.8) is 0 Å². The molecule has 0 aliphatic carbocycles. The summed E-state index contributed by atoms with van der Waals surface area (Å²) in [5, 5.41) is 9.62. The van der Waals surface area contributed by atoms with Crippen LogP contribution in [-0.2, 0) is 19.1 Å². The van der Waals surface area contributed by atoms with Gasteiger partial charge in [-0.05, 0) is 96.3 Å². The van der Waals surface area contributed by atoms with Crippen LogP contribution in [0.3, 0.4) is 0 Å². The predicted molar refractivity (Wildman–Crippen MR) is 260 cm³/mol. The van der Waals surface area contributed by atoms with E-state index in [9.17, 15) is 14.7 Å². The zero-order valence-electron chi connectivity index (χ0n) is 38.9. The van der Waals surface area contributed by atoms with Crippen LogP contribution in [0.5, 0.6) is 0 Å². The van der Waals surface area contributed by atoms with Crippen molar-refractivity contribution in [3.8, 4) is 0 Å². The number of allylic oxidation sites excluding steroid dienone is 16. The van der Waals surface area contributed by atoms with Crippen LogP contribution < -0.4 is 0 Å². The third-order valence-corrected chi connectivity index (χ3v) is 10.4. The van der Waals surface area contributed by atoms with Crippen LogP contribution in [0.1, 0.15) is 219 Å². The molecule has 1 unspecified atom stereocenters. The van der Waals surface area contributed by atoms with E-state index in [4.69, 9.17) is 9.47 Å². The van der Waals surface area contributed by atoms with Crippen LogP contribution in [0.25, 0.3) is 0 Å².